The number of carbonyl (C=O) groups excluding carboxylic acids is 1. The highest BCUT2D eigenvalue weighted by atomic mass is 32.2. The molecular formula is C30H26F6N4O3S. The number of thioether (sulfide) groups is 1. The molecule has 0 radical (unpaired) electrons. The molecule has 0 aliphatic carbocycles. The molecule has 0 spiro atoms. The summed E-state index contributed by atoms with van der Waals surface area (Å²) in [5.41, 5.74) is -1.61. The summed E-state index contributed by atoms with van der Waals surface area (Å²) in [6, 6.07) is 9.92. The Labute approximate surface area is 253 Å². The Bertz CT molecular complexity index is 1570. The van der Waals surface area contributed by atoms with Crippen LogP contribution in [0.5, 0.6) is 11.5 Å². The molecule has 1 fully saturated rings. The minimum Gasteiger partial charge on any atom is -0.493 e. The first-order valence-electron chi connectivity index (χ1n) is 13.4. The molecule has 0 atom stereocenters. The number of carbonyl (C=O) groups is 1. The highest BCUT2D eigenvalue weighted by Crippen LogP contribution is 2.39. The van der Waals surface area contributed by atoms with Gasteiger partial charge in [-0.1, -0.05) is 18.2 Å². The van der Waals surface area contributed by atoms with Gasteiger partial charge in [-0.15, -0.1) is 0 Å². The monoisotopic (exact) mass is 636 g/mol. The summed E-state index contributed by atoms with van der Waals surface area (Å²) < 4.78 is 90.4. The lowest BCUT2D eigenvalue weighted by Gasteiger charge is -2.35. The van der Waals surface area contributed by atoms with Crippen molar-refractivity contribution in [3.8, 4) is 11.5 Å². The Morgan fingerprint density at radius 1 is 0.955 bits per heavy atom. The zero-order valence-corrected chi connectivity index (χ0v) is 24.1. The Morgan fingerprint density at radius 2 is 1.73 bits per heavy atom. The minimum atomic E-state index is -5.01. The zero-order chi connectivity index (χ0) is 31.5. The first-order chi connectivity index (χ1) is 20.9. The van der Waals surface area contributed by atoms with Crippen molar-refractivity contribution in [2.75, 3.05) is 33.3 Å². The van der Waals surface area contributed by atoms with E-state index in [0.717, 1.165) is 31.3 Å². The smallest absolute Gasteiger partial charge is 0.416 e. The summed E-state index contributed by atoms with van der Waals surface area (Å²) >= 11 is 1.26. The van der Waals surface area contributed by atoms with Crippen LogP contribution in [0, 0.1) is 0 Å². The number of ether oxygens (including phenoxy) is 2. The molecule has 1 aromatic heterocycles. The van der Waals surface area contributed by atoms with E-state index in [1.807, 2.05) is 18.3 Å². The van der Waals surface area contributed by atoms with Gasteiger partial charge in [-0.05, 0) is 59.3 Å². The predicted octanol–water partition coefficient (Wildman–Crippen LogP) is 6.49. The van der Waals surface area contributed by atoms with Gasteiger partial charge in [0.15, 0.2) is 16.7 Å². The van der Waals surface area contributed by atoms with E-state index < -0.39 is 35.6 Å². The fourth-order valence-corrected chi connectivity index (χ4v) is 5.69. The zero-order valence-electron chi connectivity index (χ0n) is 23.3. The fraction of sp³-hybridized carbons (Fsp3) is 0.300. The van der Waals surface area contributed by atoms with Gasteiger partial charge in [-0.25, -0.2) is 0 Å². The van der Waals surface area contributed by atoms with Crippen molar-refractivity contribution in [2.24, 2.45) is 4.99 Å². The first kappa shape index (κ1) is 31.4. The predicted molar refractivity (Wildman–Crippen MR) is 153 cm³/mol. The molecular weight excluding hydrogens is 610 g/mol. The summed E-state index contributed by atoms with van der Waals surface area (Å²) in [5, 5.41) is 0.617. The van der Waals surface area contributed by atoms with E-state index >= 15 is 0 Å². The highest BCUT2D eigenvalue weighted by Gasteiger charge is 2.38. The molecule has 14 heteroatoms. The van der Waals surface area contributed by atoms with Crippen LogP contribution in [0.3, 0.4) is 0 Å². The molecule has 0 N–H and O–H groups in total. The van der Waals surface area contributed by atoms with E-state index in [-0.39, 0.29) is 23.5 Å². The Balaban J connectivity index is 1.22. The van der Waals surface area contributed by atoms with Crippen molar-refractivity contribution in [2.45, 2.75) is 25.5 Å². The maximum Gasteiger partial charge on any atom is 0.416 e. The molecule has 2 aliphatic heterocycles. The quantitative estimate of drug-likeness (QED) is 0.217. The number of pyridine rings is 1. The van der Waals surface area contributed by atoms with Crippen LogP contribution in [0.4, 0.5) is 26.3 Å². The van der Waals surface area contributed by atoms with Crippen molar-refractivity contribution in [1.82, 2.24) is 14.8 Å². The Kier molecular flexibility index (Phi) is 9.20. The van der Waals surface area contributed by atoms with Crippen LogP contribution in [-0.2, 0) is 30.3 Å². The van der Waals surface area contributed by atoms with E-state index in [1.165, 1.54) is 24.9 Å². The third-order valence-corrected chi connectivity index (χ3v) is 8.04. The summed E-state index contributed by atoms with van der Waals surface area (Å²) in [4.78, 5) is 25.8. The largest absolute Gasteiger partial charge is 0.493 e. The summed E-state index contributed by atoms with van der Waals surface area (Å²) in [6.45, 7) is 3.17. The van der Waals surface area contributed by atoms with E-state index in [2.05, 4.69) is 19.8 Å². The van der Waals surface area contributed by atoms with Crippen molar-refractivity contribution in [3.05, 3.63) is 93.6 Å². The number of hydrogen-bond donors (Lipinski definition) is 0. The minimum absolute atomic E-state index is 0.0696. The summed E-state index contributed by atoms with van der Waals surface area (Å²) in [5.74, 6) is -0.139. The van der Waals surface area contributed by atoms with Crippen LogP contribution in [0.25, 0.3) is 6.08 Å². The molecule has 3 aromatic rings. The lowest BCUT2D eigenvalue weighted by molar-refractivity contribution is -0.143. The fourth-order valence-electron chi connectivity index (χ4n) is 4.72. The van der Waals surface area contributed by atoms with Gasteiger partial charge >= 0.3 is 12.4 Å². The van der Waals surface area contributed by atoms with E-state index in [9.17, 15) is 31.1 Å². The molecule has 2 aliphatic rings. The molecule has 0 saturated carbocycles. The standard InChI is InChI=1S/C30H26F6N4O3S/c1-42-25-13-19(4-7-24(25)43-18-21-5-6-22(29(31,32)33)15-23(21)30(34,35)36)14-26-27(41)38-28(44-26)40-11-9-39(10-12-40)17-20-3-2-8-37-16-20/h2-8,13-16H,9-12,17-18H2,1H3/b26-14-. The topological polar surface area (TPSA) is 67.3 Å². The number of amides is 1. The normalized spacial score (nSPS) is 17.2. The average Bonchev–Trinajstić information content (AvgIpc) is 3.35. The molecule has 0 bridgehead atoms. The number of benzene rings is 2. The van der Waals surface area contributed by atoms with Crippen molar-refractivity contribution in [3.63, 3.8) is 0 Å². The number of nitrogens with zero attached hydrogens (tertiary/aromatic N) is 4. The van der Waals surface area contributed by atoms with Gasteiger partial charge in [0.1, 0.15) is 6.61 Å². The third kappa shape index (κ3) is 7.53. The SMILES string of the molecule is COc1cc(/C=C2\SC(N3CCN(Cc4cccnc4)CC3)=NC2=O)ccc1OCc1ccc(C(F)(F)F)cc1C(F)(F)F. The van der Waals surface area contributed by atoms with Crippen LogP contribution < -0.4 is 9.47 Å². The maximum atomic E-state index is 13.5. The molecule has 1 saturated heterocycles. The molecule has 7 nitrogen and oxygen atoms in total. The van der Waals surface area contributed by atoms with E-state index in [4.69, 9.17) is 9.47 Å². The van der Waals surface area contributed by atoms with Crippen LogP contribution >= 0.6 is 11.8 Å². The molecule has 2 aromatic carbocycles. The lowest BCUT2D eigenvalue weighted by atomic mass is 10.0. The van der Waals surface area contributed by atoms with Crippen LogP contribution in [-0.4, -0.2) is 59.1 Å². The molecule has 1 amide bonds. The number of alkyl halides is 6. The molecule has 5 rings (SSSR count). The Hall–Kier alpha value is -4.04. The number of hydrogen-bond acceptors (Lipinski definition) is 7. The van der Waals surface area contributed by atoms with Crippen molar-refractivity contribution in [1.29, 1.82) is 0 Å². The van der Waals surface area contributed by atoms with Gasteiger partial charge in [0.05, 0.1) is 23.1 Å². The Morgan fingerprint density at radius 3 is 2.39 bits per heavy atom. The number of aromatic nitrogens is 1. The second-order valence-electron chi connectivity index (χ2n) is 10.0. The van der Waals surface area contributed by atoms with Gasteiger partial charge in [0.2, 0.25) is 0 Å². The van der Waals surface area contributed by atoms with Crippen LogP contribution in [0.1, 0.15) is 27.8 Å². The maximum absolute atomic E-state index is 13.5. The van der Waals surface area contributed by atoms with Crippen LogP contribution in [0.15, 0.2) is 70.8 Å². The second kappa shape index (κ2) is 12.9. The van der Waals surface area contributed by atoms with E-state index in [1.54, 1.807) is 24.4 Å². The van der Waals surface area contributed by atoms with Gasteiger partial charge in [0.25, 0.3) is 5.91 Å². The van der Waals surface area contributed by atoms with Gasteiger partial charge in [-0.2, -0.15) is 31.3 Å². The molecule has 232 valence electrons. The number of piperazine rings is 1. The average molecular weight is 637 g/mol. The second-order valence-corrected chi connectivity index (χ2v) is 11.0. The summed E-state index contributed by atoms with van der Waals surface area (Å²) in [6.07, 6.45) is -4.73. The number of amidine groups is 1. The highest BCUT2D eigenvalue weighted by molar-refractivity contribution is 8.18. The number of aliphatic imine (C=N–C) groups is 1. The van der Waals surface area contributed by atoms with Crippen molar-refractivity contribution >= 4 is 28.9 Å². The van der Waals surface area contributed by atoms with Gasteiger partial charge in [-0.3, -0.25) is 14.7 Å². The number of methoxy groups -OCH3 is 1. The number of rotatable bonds is 7. The first-order valence-corrected chi connectivity index (χ1v) is 14.2. The summed E-state index contributed by atoms with van der Waals surface area (Å²) in [7, 11) is 1.34. The van der Waals surface area contributed by atoms with Gasteiger partial charge in [0, 0.05) is 50.7 Å². The van der Waals surface area contributed by atoms with Gasteiger partial charge < -0.3 is 14.4 Å². The van der Waals surface area contributed by atoms with E-state index in [0.29, 0.717) is 34.8 Å². The van der Waals surface area contributed by atoms with Crippen molar-refractivity contribution < 1.29 is 40.6 Å². The third-order valence-electron chi connectivity index (χ3n) is 6.99. The number of halogens is 6. The molecule has 0 unspecified atom stereocenters. The lowest BCUT2D eigenvalue weighted by Crippen LogP contribution is -2.47. The van der Waals surface area contributed by atoms with Crippen LogP contribution in [0.2, 0.25) is 0 Å². The molecule has 3 heterocycles. The molecule has 44 heavy (non-hydrogen) atoms.